The number of nitrogens with one attached hydrogen (secondary N) is 1. The molecule has 1 aromatic carbocycles. The maximum atomic E-state index is 12.1. The van der Waals surface area contributed by atoms with Crippen molar-refractivity contribution >= 4 is 17.7 Å². The molecule has 146 valence electrons. The predicted molar refractivity (Wildman–Crippen MR) is 105 cm³/mol. The molecule has 6 nitrogen and oxygen atoms in total. The highest BCUT2D eigenvalue weighted by Crippen LogP contribution is 2.12. The molecule has 1 rings (SSSR count). The summed E-state index contributed by atoms with van der Waals surface area (Å²) in [5.74, 6) is 0.107. The Hall–Kier alpha value is -2.24. The first-order valence-electron chi connectivity index (χ1n) is 9.19. The zero-order valence-corrected chi connectivity index (χ0v) is 16.9. The maximum Gasteiger partial charge on any atom is 0.409 e. The number of carbonyl (C=O) groups excluding carboxylic acids is 2. The molecule has 0 saturated heterocycles. The fourth-order valence-electron chi connectivity index (χ4n) is 2.47. The van der Waals surface area contributed by atoms with Crippen LogP contribution in [0.2, 0.25) is 0 Å². The zero-order valence-electron chi connectivity index (χ0n) is 16.9. The molecular weight excluding hydrogens is 330 g/mol. The van der Waals surface area contributed by atoms with Crippen LogP contribution in [0.5, 0.6) is 0 Å². The van der Waals surface area contributed by atoms with Crippen molar-refractivity contribution in [2.45, 2.75) is 46.8 Å². The summed E-state index contributed by atoms with van der Waals surface area (Å²) in [5.41, 5.74) is 2.00. The van der Waals surface area contributed by atoms with Crippen LogP contribution in [0.3, 0.4) is 0 Å². The molecule has 0 radical (unpaired) electrons. The lowest BCUT2D eigenvalue weighted by Gasteiger charge is -2.22. The predicted octanol–water partition coefficient (Wildman–Crippen LogP) is 3.58. The summed E-state index contributed by atoms with van der Waals surface area (Å²) in [6, 6.07) is 8.24. The molecule has 0 bridgehead atoms. The molecule has 1 N–H and O–H groups in total. The Morgan fingerprint density at radius 1 is 1.00 bits per heavy atom. The number of amides is 2. The summed E-state index contributed by atoms with van der Waals surface area (Å²) in [4.78, 5) is 27.1. The minimum absolute atomic E-state index is 0.00942. The van der Waals surface area contributed by atoms with E-state index < -0.39 is 0 Å². The second-order valence-electron chi connectivity index (χ2n) is 7.24. The van der Waals surface area contributed by atoms with Crippen molar-refractivity contribution in [2.75, 3.05) is 32.5 Å². The normalized spacial score (nSPS) is 10.8. The highest BCUT2D eigenvalue weighted by atomic mass is 16.6. The minimum Gasteiger partial charge on any atom is -0.445 e. The molecule has 0 fully saturated rings. The third-order valence-corrected chi connectivity index (χ3v) is 3.94. The molecule has 0 saturated carbocycles. The van der Waals surface area contributed by atoms with Gasteiger partial charge in [0.05, 0.1) is 0 Å². The van der Waals surface area contributed by atoms with Gasteiger partial charge in [0.15, 0.2) is 0 Å². The molecule has 0 unspecified atom stereocenters. The van der Waals surface area contributed by atoms with Crippen molar-refractivity contribution in [1.29, 1.82) is 0 Å². The van der Waals surface area contributed by atoms with Crippen molar-refractivity contribution in [2.24, 2.45) is 5.92 Å². The maximum absolute atomic E-state index is 12.1. The van der Waals surface area contributed by atoms with E-state index in [1.807, 2.05) is 38.1 Å². The highest BCUT2D eigenvalue weighted by molar-refractivity contribution is 5.77. The largest absolute Gasteiger partial charge is 0.445 e. The number of benzene rings is 1. The van der Waals surface area contributed by atoms with Crippen LogP contribution in [0.1, 0.15) is 39.7 Å². The van der Waals surface area contributed by atoms with Gasteiger partial charge >= 0.3 is 6.09 Å². The molecule has 0 spiro atoms. The Morgan fingerprint density at radius 3 is 2.12 bits per heavy atom. The Labute approximate surface area is 157 Å². The number of ether oxygens (including phenoxy) is 1. The lowest BCUT2D eigenvalue weighted by atomic mass is 10.2. The summed E-state index contributed by atoms with van der Waals surface area (Å²) in [5, 5.41) is 3.32. The van der Waals surface area contributed by atoms with E-state index in [9.17, 15) is 9.59 Å². The molecular formula is C20H33N3O3. The molecule has 0 aliphatic carbocycles. The van der Waals surface area contributed by atoms with Gasteiger partial charge < -0.3 is 19.9 Å². The van der Waals surface area contributed by atoms with Crippen molar-refractivity contribution in [3.8, 4) is 0 Å². The second kappa shape index (κ2) is 10.7. The van der Waals surface area contributed by atoms with Gasteiger partial charge in [-0.15, -0.1) is 0 Å². The van der Waals surface area contributed by atoms with Gasteiger partial charge in [0.25, 0.3) is 0 Å². The van der Waals surface area contributed by atoms with Crippen molar-refractivity contribution in [1.82, 2.24) is 9.80 Å². The zero-order chi connectivity index (χ0) is 19.7. The molecule has 0 aromatic heterocycles. The van der Waals surface area contributed by atoms with E-state index in [4.69, 9.17) is 4.74 Å². The molecule has 0 heterocycles. The van der Waals surface area contributed by atoms with E-state index in [-0.39, 0.29) is 24.5 Å². The lowest BCUT2D eigenvalue weighted by molar-refractivity contribution is -0.133. The van der Waals surface area contributed by atoms with Crippen LogP contribution in [0.25, 0.3) is 0 Å². The molecule has 0 aliphatic heterocycles. The van der Waals surface area contributed by atoms with Gasteiger partial charge in [-0.25, -0.2) is 4.79 Å². The highest BCUT2D eigenvalue weighted by Gasteiger charge is 2.14. The average molecular weight is 364 g/mol. The SMILES string of the molecule is CC(C)Nc1ccc(COC(=O)N(C)CCCN(C)C(=O)C(C)C)cc1. The molecule has 1 aromatic rings. The summed E-state index contributed by atoms with van der Waals surface area (Å²) in [6.45, 7) is 9.35. The Balaban J connectivity index is 2.32. The standard InChI is InChI=1S/C20H33N3O3/c1-15(2)19(24)22(5)12-7-13-23(6)20(25)26-14-17-8-10-18(11-9-17)21-16(3)4/h8-11,15-16,21H,7,12-14H2,1-6H3. The fraction of sp³-hybridized carbons (Fsp3) is 0.600. The van der Waals surface area contributed by atoms with E-state index >= 15 is 0 Å². The van der Waals surface area contributed by atoms with E-state index in [0.717, 1.165) is 17.7 Å². The van der Waals surface area contributed by atoms with Gasteiger partial charge in [-0.1, -0.05) is 26.0 Å². The fourth-order valence-corrected chi connectivity index (χ4v) is 2.47. The molecule has 0 aliphatic rings. The van der Waals surface area contributed by atoms with Gasteiger partial charge in [0, 0.05) is 44.8 Å². The summed E-state index contributed by atoms with van der Waals surface area (Å²) in [6.07, 6.45) is 0.364. The van der Waals surface area contributed by atoms with Crippen LogP contribution in [0.15, 0.2) is 24.3 Å². The van der Waals surface area contributed by atoms with Gasteiger partial charge in [-0.2, -0.15) is 0 Å². The molecule has 0 atom stereocenters. The van der Waals surface area contributed by atoms with Crippen LogP contribution >= 0.6 is 0 Å². The van der Waals surface area contributed by atoms with Crippen LogP contribution in [-0.4, -0.2) is 55.0 Å². The third kappa shape index (κ3) is 7.76. The van der Waals surface area contributed by atoms with E-state index in [1.165, 1.54) is 0 Å². The third-order valence-electron chi connectivity index (χ3n) is 3.94. The van der Waals surface area contributed by atoms with Crippen LogP contribution in [-0.2, 0) is 16.1 Å². The summed E-state index contributed by atoms with van der Waals surface area (Å²) < 4.78 is 5.34. The number of rotatable bonds is 9. The lowest BCUT2D eigenvalue weighted by Crippen LogP contribution is -2.34. The Morgan fingerprint density at radius 2 is 1.58 bits per heavy atom. The smallest absolute Gasteiger partial charge is 0.409 e. The first-order valence-corrected chi connectivity index (χ1v) is 9.19. The van der Waals surface area contributed by atoms with Crippen LogP contribution in [0, 0.1) is 5.92 Å². The summed E-state index contributed by atoms with van der Waals surface area (Å²) >= 11 is 0. The Kier molecular flexibility index (Phi) is 8.96. The second-order valence-corrected chi connectivity index (χ2v) is 7.24. The number of nitrogens with zero attached hydrogens (tertiary/aromatic N) is 2. The molecule has 6 heteroatoms. The van der Waals surface area contributed by atoms with E-state index in [2.05, 4.69) is 19.2 Å². The number of hydrogen-bond acceptors (Lipinski definition) is 4. The van der Waals surface area contributed by atoms with E-state index in [1.54, 1.807) is 23.9 Å². The molecule has 26 heavy (non-hydrogen) atoms. The molecule has 2 amide bonds. The average Bonchev–Trinajstić information content (AvgIpc) is 2.59. The monoisotopic (exact) mass is 363 g/mol. The first kappa shape index (κ1) is 21.8. The topological polar surface area (TPSA) is 61.9 Å². The quantitative estimate of drug-likeness (QED) is 0.728. The number of hydrogen-bond donors (Lipinski definition) is 1. The van der Waals surface area contributed by atoms with E-state index in [0.29, 0.717) is 19.1 Å². The van der Waals surface area contributed by atoms with Crippen LogP contribution < -0.4 is 5.32 Å². The number of carbonyl (C=O) groups is 2. The van der Waals surface area contributed by atoms with Crippen molar-refractivity contribution in [3.63, 3.8) is 0 Å². The van der Waals surface area contributed by atoms with Crippen molar-refractivity contribution in [3.05, 3.63) is 29.8 Å². The van der Waals surface area contributed by atoms with Gasteiger partial charge in [0.1, 0.15) is 6.61 Å². The summed E-state index contributed by atoms with van der Waals surface area (Å²) in [7, 11) is 3.50. The minimum atomic E-state index is -0.354. The van der Waals surface area contributed by atoms with Crippen LogP contribution in [0.4, 0.5) is 10.5 Å². The van der Waals surface area contributed by atoms with Crippen molar-refractivity contribution < 1.29 is 14.3 Å². The Bertz CT molecular complexity index is 570. The van der Waals surface area contributed by atoms with Gasteiger partial charge in [-0.05, 0) is 38.0 Å². The van der Waals surface area contributed by atoms with Gasteiger partial charge in [-0.3, -0.25) is 4.79 Å². The van der Waals surface area contributed by atoms with Gasteiger partial charge in [0.2, 0.25) is 5.91 Å². The number of anilines is 1. The first-order chi connectivity index (χ1) is 12.2.